The summed E-state index contributed by atoms with van der Waals surface area (Å²) < 4.78 is 39.7. The second kappa shape index (κ2) is 7.44. The lowest BCUT2D eigenvalue weighted by atomic mass is 9.90. The highest BCUT2D eigenvalue weighted by Gasteiger charge is 2.36. The van der Waals surface area contributed by atoms with Gasteiger partial charge >= 0.3 is 5.97 Å². The van der Waals surface area contributed by atoms with Crippen molar-refractivity contribution in [2.45, 2.75) is 43.7 Å². The lowest BCUT2D eigenvalue weighted by Gasteiger charge is -2.37. The number of nitrogens with one attached hydrogen (secondary N) is 1. The van der Waals surface area contributed by atoms with Crippen LogP contribution in [0.3, 0.4) is 0 Å². The standard InChI is InChI=1S/C20H23NO6S/c1-13-5-4-6-15(9-13)28(24,25)21-17-11-20(2,3)27-18-10-14(7-8-16(17)18)26-12-19(22)23/h4-10,17,21H,11-12H2,1-3H3,(H,22,23). The largest absolute Gasteiger partial charge is 0.487 e. The Balaban J connectivity index is 1.91. The van der Waals surface area contributed by atoms with Crippen LogP contribution in [0.15, 0.2) is 47.4 Å². The maximum atomic E-state index is 12.9. The van der Waals surface area contributed by atoms with E-state index in [1.807, 2.05) is 26.8 Å². The topological polar surface area (TPSA) is 102 Å². The highest BCUT2D eigenvalue weighted by Crippen LogP contribution is 2.41. The predicted octanol–water partition coefficient (Wildman–Crippen LogP) is 3.04. The molecule has 0 bridgehead atoms. The SMILES string of the molecule is Cc1cccc(S(=O)(=O)NC2CC(C)(C)Oc3cc(OCC(=O)O)ccc32)c1. The van der Waals surface area contributed by atoms with Gasteiger partial charge in [0.15, 0.2) is 6.61 Å². The smallest absolute Gasteiger partial charge is 0.341 e. The molecule has 3 rings (SSSR count). The van der Waals surface area contributed by atoms with Gasteiger partial charge in [-0.25, -0.2) is 17.9 Å². The molecule has 1 unspecified atom stereocenters. The maximum Gasteiger partial charge on any atom is 0.341 e. The van der Waals surface area contributed by atoms with Crippen LogP contribution in [0.1, 0.15) is 37.4 Å². The first kappa shape index (κ1) is 20.2. The van der Waals surface area contributed by atoms with Crippen molar-refractivity contribution in [1.82, 2.24) is 4.72 Å². The molecule has 0 radical (unpaired) electrons. The molecule has 8 heteroatoms. The second-order valence-electron chi connectivity index (χ2n) is 7.44. The van der Waals surface area contributed by atoms with Crippen molar-refractivity contribution in [3.63, 3.8) is 0 Å². The Hall–Kier alpha value is -2.58. The molecule has 2 aromatic carbocycles. The van der Waals surface area contributed by atoms with Gasteiger partial charge in [0.1, 0.15) is 17.1 Å². The van der Waals surface area contributed by atoms with Crippen LogP contribution in [0.2, 0.25) is 0 Å². The lowest BCUT2D eigenvalue weighted by Crippen LogP contribution is -2.41. The number of carbonyl (C=O) groups is 1. The molecule has 0 saturated heterocycles. The minimum Gasteiger partial charge on any atom is -0.487 e. The minimum absolute atomic E-state index is 0.208. The Morgan fingerprint density at radius 3 is 2.71 bits per heavy atom. The highest BCUT2D eigenvalue weighted by atomic mass is 32.2. The average molecular weight is 405 g/mol. The summed E-state index contributed by atoms with van der Waals surface area (Å²) in [5.74, 6) is -0.266. The number of sulfonamides is 1. The van der Waals surface area contributed by atoms with Crippen molar-refractivity contribution >= 4 is 16.0 Å². The Labute approximate surface area is 164 Å². The van der Waals surface area contributed by atoms with Crippen molar-refractivity contribution in [1.29, 1.82) is 0 Å². The van der Waals surface area contributed by atoms with Crippen molar-refractivity contribution in [3.05, 3.63) is 53.6 Å². The summed E-state index contributed by atoms with van der Waals surface area (Å²) in [5, 5.41) is 8.76. The minimum atomic E-state index is -3.72. The van der Waals surface area contributed by atoms with E-state index in [0.717, 1.165) is 5.56 Å². The third-order valence-corrected chi connectivity index (χ3v) is 5.87. The van der Waals surface area contributed by atoms with Gasteiger partial charge in [0.05, 0.1) is 10.9 Å². The van der Waals surface area contributed by atoms with Gasteiger partial charge in [-0.1, -0.05) is 18.2 Å². The van der Waals surface area contributed by atoms with Gasteiger partial charge in [-0.3, -0.25) is 0 Å². The van der Waals surface area contributed by atoms with Crippen molar-refractivity contribution < 1.29 is 27.8 Å². The van der Waals surface area contributed by atoms with E-state index in [4.69, 9.17) is 14.6 Å². The number of rotatable bonds is 6. The molecule has 2 aromatic rings. The molecule has 2 N–H and O–H groups in total. The summed E-state index contributed by atoms with van der Waals surface area (Å²) >= 11 is 0. The maximum absolute atomic E-state index is 12.9. The van der Waals surface area contributed by atoms with E-state index in [2.05, 4.69) is 4.72 Å². The van der Waals surface area contributed by atoms with Crippen LogP contribution in [0.25, 0.3) is 0 Å². The van der Waals surface area contributed by atoms with E-state index in [1.54, 1.807) is 36.4 Å². The van der Waals surface area contributed by atoms with E-state index in [9.17, 15) is 13.2 Å². The van der Waals surface area contributed by atoms with Crippen LogP contribution in [-0.4, -0.2) is 31.7 Å². The van der Waals surface area contributed by atoms with Gasteiger partial charge in [0.25, 0.3) is 0 Å². The van der Waals surface area contributed by atoms with Gasteiger partial charge in [-0.05, 0) is 44.5 Å². The van der Waals surface area contributed by atoms with Crippen LogP contribution in [0.4, 0.5) is 0 Å². The molecule has 1 atom stereocenters. The fourth-order valence-corrected chi connectivity index (χ4v) is 4.53. The Bertz CT molecular complexity index is 1000. The molecule has 0 fully saturated rings. The first-order valence-corrected chi connectivity index (χ1v) is 10.3. The molecule has 0 spiro atoms. The third-order valence-electron chi connectivity index (χ3n) is 4.40. The summed E-state index contributed by atoms with van der Waals surface area (Å²) in [4.78, 5) is 10.9. The second-order valence-corrected chi connectivity index (χ2v) is 9.15. The zero-order valence-electron chi connectivity index (χ0n) is 15.9. The fraction of sp³-hybridized carbons (Fsp3) is 0.350. The van der Waals surface area contributed by atoms with Gasteiger partial charge in [0, 0.05) is 18.1 Å². The molecule has 28 heavy (non-hydrogen) atoms. The molecule has 0 aromatic heterocycles. The molecule has 0 saturated carbocycles. The first-order valence-electron chi connectivity index (χ1n) is 8.82. The first-order chi connectivity index (χ1) is 13.1. The van der Waals surface area contributed by atoms with Gasteiger partial charge in [-0.2, -0.15) is 0 Å². The van der Waals surface area contributed by atoms with Crippen LogP contribution in [0, 0.1) is 6.92 Å². The van der Waals surface area contributed by atoms with Gasteiger partial charge in [-0.15, -0.1) is 0 Å². The number of hydrogen-bond donors (Lipinski definition) is 2. The highest BCUT2D eigenvalue weighted by molar-refractivity contribution is 7.89. The molecule has 0 amide bonds. The molecular formula is C20H23NO6S. The summed E-state index contributed by atoms with van der Waals surface area (Å²) in [6.45, 7) is 5.11. The van der Waals surface area contributed by atoms with E-state index in [1.165, 1.54) is 0 Å². The Morgan fingerprint density at radius 1 is 1.29 bits per heavy atom. The summed E-state index contributed by atoms with van der Waals surface area (Å²) in [5.41, 5.74) is 0.923. The number of ether oxygens (including phenoxy) is 2. The average Bonchev–Trinajstić information content (AvgIpc) is 2.58. The summed E-state index contributed by atoms with van der Waals surface area (Å²) in [6.07, 6.45) is 0.445. The van der Waals surface area contributed by atoms with E-state index < -0.39 is 34.2 Å². The van der Waals surface area contributed by atoms with Gasteiger partial charge < -0.3 is 14.6 Å². The normalized spacial score (nSPS) is 18.0. The number of carboxylic acid groups (broad SMARTS) is 1. The fourth-order valence-electron chi connectivity index (χ4n) is 3.21. The summed E-state index contributed by atoms with van der Waals surface area (Å²) in [7, 11) is -3.72. The number of benzene rings is 2. The van der Waals surface area contributed by atoms with Crippen LogP contribution in [-0.2, 0) is 14.8 Å². The number of aryl methyl sites for hydroxylation is 1. The monoisotopic (exact) mass is 405 g/mol. The van der Waals surface area contributed by atoms with Crippen molar-refractivity contribution in [2.75, 3.05) is 6.61 Å². The molecular weight excluding hydrogens is 382 g/mol. The molecule has 1 aliphatic heterocycles. The number of aliphatic carboxylic acids is 1. The number of fused-ring (bicyclic) bond motifs is 1. The lowest BCUT2D eigenvalue weighted by molar-refractivity contribution is -0.139. The summed E-state index contributed by atoms with van der Waals surface area (Å²) in [6, 6.07) is 11.1. The molecule has 150 valence electrons. The molecule has 0 aliphatic carbocycles. The zero-order valence-corrected chi connectivity index (χ0v) is 16.7. The number of hydrogen-bond acceptors (Lipinski definition) is 5. The number of carboxylic acids is 1. The quantitative estimate of drug-likeness (QED) is 0.766. The molecule has 7 nitrogen and oxygen atoms in total. The molecule has 1 heterocycles. The zero-order chi connectivity index (χ0) is 20.5. The van der Waals surface area contributed by atoms with Crippen molar-refractivity contribution in [2.24, 2.45) is 0 Å². The van der Waals surface area contributed by atoms with E-state index in [-0.39, 0.29) is 4.90 Å². The Kier molecular flexibility index (Phi) is 5.36. The Morgan fingerprint density at radius 2 is 2.04 bits per heavy atom. The van der Waals surface area contributed by atoms with Crippen LogP contribution < -0.4 is 14.2 Å². The van der Waals surface area contributed by atoms with Gasteiger partial charge in [0.2, 0.25) is 10.0 Å². The van der Waals surface area contributed by atoms with Crippen LogP contribution >= 0.6 is 0 Å². The van der Waals surface area contributed by atoms with Crippen LogP contribution in [0.5, 0.6) is 11.5 Å². The molecule has 1 aliphatic rings. The van der Waals surface area contributed by atoms with E-state index in [0.29, 0.717) is 23.5 Å². The predicted molar refractivity (Wildman–Crippen MR) is 103 cm³/mol. The van der Waals surface area contributed by atoms with E-state index >= 15 is 0 Å². The third kappa shape index (κ3) is 4.63. The van der Waals surface area contributed by atoms with Crippen molar-refractivity contribution in [3.8, 4) is 11.5 Å².